The maximum absolute atomic E-state index is 10.9. The SMILES string of the molecule is CSC(=NC1=CCN(C)CC1)C(N)=O. The Morgan fingerprint density at radius 1 is 1.71 bits per heavy atom. The molecule has 1 heterocycles. The number of nitrogens with zero attached hydrogens (tertiary/aromatic N) is 2. The molecule has 0 aliphatic carbocycles. The first kappa shape index (κ1) is 11.3. The molecule has 0 aromatic heterocycles. The number of rotatable bonds is 1. The van der Waals surface area contributed by atoms with E-state index in [0.29, 0.717) is 5.04 Å². The van der Waals surface area contributed by atoms with Crippen LogP contribution in [0.3, 0.4) is 0 Å². The lowest BCUT2D eigenvalue weighted by Crippen LogP contribution is -2.25. The van der Waals surface area contributed by atoms with Crippen molar-refractivity contribution in [2.45, 2.75) is 6.42 Å². The molecule has 0 bridgehead atoms. The highest BCUT2D eigenvalue weighted by atomic mass is 32.2. The normalized spacial score (nSPS) is 19.3. The second-order valence-electron chi connectivity index (χ2n) is 3.19. The molecule has 0 unspecified atom stereocenters. The van der Waals surface area contributed by atoms with E-state index in [9.17, 15) is 4.79 Å². The van der Waals surface area contributed by atoms with Crippen LogP contribution in [0.25, 0.3) is 0 Å². The predicted octanol–water partition coefficient (Wildman–Crippen LogP) is 0.453. The number of nitrogens with two attached hydrogens (primary N) is 1. The molecule has 14 heavy (non-hydrogen) atoms. The molecular weight excluding hydrogens is 198 g/mol. The van der Waals surface area contributed by atoms with E-state index in [-0.39, 0.29) is 0 Å². The minimum absolute atomic E-state index is 0.390. The summed E-state index contributed by atoms with van der Waals surface area (Å²) in [6.45, 7) is 1.87. The van der Waals surface area contributed by atoms with Crippen LogP contribution in [0.15, 0.2) is 16.8 Å². The smallest absolute Gasteiger partial charge is 0.273 e. The molecule has 0 saturated heterocycles. The fraction of sp³-hybridized carbons (Fsp3) is 0.556. The van der Waals surface area contributed by atoms with Crippen LogP contribution in [0.4, 0.5) is 0 Å². The number of carbonyl (C=O) groups excluding carboxylic acids is 1. The van der Waals surface area contributed by atoms with E-state index in [4.69, 9.17) is 5.73 Å². The lowest BCUT2D eigenvalue weighted by Gasteiger charge is -2.19. The van der Waals surface area contributed by atoms with Gasteiger partial charge in [0.05, 0.1) is 0 Å². The van der Waals surface area contributed by atoms with E-state index in [0.717, 1.165) is 25.2 Å². The van der Waals surface area contributed by atoms with Crippen molar-refractivity contribution >= 4 is 22.7 Å². The summed E-state index contributed by atoms with van der Waals surface area (Å²) in [5.74, 6) is -0.447. The van der Waals surface area contributed by atoms with Crippen molar-refractivity contribution in [2.75, 3.05) is 26.4 Å². The molecule has 0 atom stereocenters. The van der Waals surface area contributed by atoms with Crippen molar-refractivity contribution in [1.29, 1.82) is 0 Å². The second-order valence-corrected chi connectivity index (χ2v) is 3.99. The molecule has 78 valence electrons. The van der Waals surface area contributed by atoms with Gasteiger partial charge in [0.2, 0.25) is 0 Å². The lowest BCUT2D eigenvalue weighted by atomic mass is 10.2. The van der Waals surface area contributed by atoms with E-state index < -0.39 is 5.91 Å². The van der Waals surface area contributed by atoms with Gasteiger partial charge in [-0.05, 0) is 19.4 Å². The number of thioether (sulfide) groups is 1. The van der Waals surface area contributed by atoms with E-state index in [1.807, 2.05) is 6.08 Å². The summed E-state index contributed by atoms with van der Waals surface area (Å²) in [5, 5.41) is 0.390. The fourth-order valence-electron chi connectivity index (χ4n) is 1.19. The van der Waals surface area contributed by atoms with Crippen molar-refractivity contribution in [3.63, 3.8) is 0 Å². The van der Waals surface area contributed by atoms with Gasteiger partial charge in [-0.1, -0.05) is 0 Å². The summed E-state index contributed by atoms with van der Waals surface area (Å²) in [6, 6.07) is 0. The minimum Gasteiger partial charge on any atom is -0.364 e. The van der Waals surface area contributed by atoms with Crippen LogP contribution in [0.1, 0.15) is 6.42 Å². The quantitative estimate of drug-likeness (QED) is 0.508. The van der Waals surface area contributed by atoms with Crippen LogP contribution in [-0.4, -0.2) is 42.2 Å². The van der Waals surface area contributed by atoms with E-state index in [1.54, 1.807) is 6.26 Å². The van der Waals surface area contributed by atoms with Gasteiger partial charge in [0.1, 0.15) is 0 Å². The molecule has 0 radical (unpaired) electrons. The first-order chi connectivity index (χ1) is 6.63. The Balaban J connectivity index is 2.70. The van der Waals surface area contributed by atoms with Gasteiger partial charge >= 0.3 is 0 Å². The van der Waals surface area contributed by atoms with Crippen molar-refractivity contribution in [3.05, 3.63) is 11.8 Å². The maximum Gasteiger partial charge on any atom is 0.273 e. The molecule has 0 spiro atoms. The third kappa shape index (κ3) is 3.16. The number of aliphatic imine (C=N–C) groups is 1. The van der Waals surface area contributed by atoms with Gasteiger partial charge in [-0.15, -0.1) is 11.8 Å². The summed E-state index contributed by atoms with van der Waals surface area (Å²) < 4.78 is 0. The van der Waals surface area contributed by atoms with Gasteiger partial charge in [-0.3, -0.25) is 4.79 Å². The Bertz CT molecular complexity index is 286. The van der Waals surface area contributed by atoms with Crippen molar-refractivity contribution in [3.8, 4) is 0 Å². The van der Waals surface area contributed by atoms with E-state index in [1.165, 1.54) is 11.8 Å². The molecule has 0 aromatic carbocycles. The Labute approximate surface area is 88.2 Å². The fourth-order valence-corrected chi connectivity index (χ4v) is 1.60. The van der Waals surface area contributed by atoms with E-state index >= 15 is 0 Å². The van der Waals surface area contributed by atoms with Crippen LogP contribution in [-0.2, 0) is 4.79 Å². The Kier molecular flexibility index (Phi) is 4.16. The molecule has 0 saturated carbocycles. The van der Waals surface area contributed by atoms with Gasteiger partial charge in [0.15, 0.2) is 5.04 Å². The maximum atomic E-state index is 10.9. The Hall–Kier alpha value is -0.810. The molecule has 1 aliphatic rings. The zero-order valence-electron chi connectivity index (χ0n) is 8.49. The van der Waals surface area contributed by atoms with Crippen molar-refractivity contribution in [2.24, 2.45) is 10.7 Å². The standard InChI is InChI=1S/C9H15N3OS/c1-12-5-3-7(4-6-12)11-9(14-2)8(10)13/h3H,4-6H2,1-2H3,(H2,10,13). The zero-order valence-corrected chi connectivity index (χ0v) is 9.30. The molecule has 4 nitrogen and oxygen atoms in total. The number of amides is 1. The van der Waals surface area contributed by atoms with Crippen LogP contribution in [0, 0.1) is 0 Å². The number of primary amides is 1. The van der Waals surface area contributed by atoms with Crippen molar-refractivity contribution < 1.29 is 4.79 Å². The molecule has 5 heteroatoms. The van der Waals surface area contributed by atoms with E-state index in [2.05, 4.69) is 16.9 Å². The molecule has 0 aromatic rings. The first-order valence-electron chi connectivity index (χ1n) is 4.43. The molecule has 1 rings (SSSR count). The monoisotopic (exact) mass is 213 g/mol. The summed E-state index contributed by atoms with van der Waals surface area (Å²) in [6.07, 6.45) is 4.72. The Morgan fingerprint density at radius 3 is 2.86 bits per heavy atom. The predicted molar refractivity (Wildman–Crippen MR) is 60.3 cm³/mol. The third-order valence-corrected chi connectivity index (χ3v) is 2.72. The van der Waals surface area contributed by atoms with Gasteiger partial charge in [0, 0.05) is 25.2 Å². The molecule has 1 amide bonds. The summed E-state index contributed by atoms with van der Waals surface area (Å²) in [5.41, 5.74) is 6.13. The summed E-state index contributed by atoms with van der Waals surface area (Å²) in [7, 11) is 2.06. The average molecular weight is 213 g/mol. The lowest BCUT2D eigenvalue weighted by molar-refractivity contribution is -0.111. The van der Waals surface area contributed by atoms with Crippen LogP contribution in [0.2, 0.25) is 0 Å². The topological polar surface area (TPSA) is 58.7 Å². The Morgan fingerprint density at radius 2 is 2.43 bits per heavy atom. The van der Waals surface area contributed by atoms with Gasteiger partial charge in [-0.25, -0.2) is 4.99 Å². The molecular formula is C9H15N3OS. The van der Waals surface area contributed by atoms with Crippen LogP contribution in [0.5, 0.6) is 0 Å². The van der Waals surface area contributed by atoms with Gasteiger partial charge in [0.25, 0.3) is 5.91 Å². The molecule has 2 N–H and O–H groups in total. The first-order valence-corrected chi connectivity index (χ1v) is 5.66. The highest BCUT2D eigenvalue weighted by molar-refractivity contribution is 8.15. The zero-order chi connectivity index (χ0) is 10.6. The number of carbonyl (C=O) groups is 1. The van der Waals surface area contributed by atoms with Gasteiger partial charge < -0.3 is 10.6 Å². The minimum atomic E-state index is -0.447. The van der Waals surface area contributed by atoms with Crippen LogP contribution >= 0.6 is 11.8 Å². The third-order valence-electron chi connectivity index (χ3n) is 2.04. The average Bonchev–Trinajstić information content (AvgIpc) is 2.16. The number of hydrogen-bond donors (Lipinski definition) is 1. The van der Waals surface area contributed by atoms with Crippen molar-refractivity contribution in [1.82, 2.24) is 4.90 Å². The molecule has 0 fully saturated rings. The highest BCUT2D eigenvalue weighted by Crippen LogP contribution is 2.12. The number of likely N-dealkylation sites (N-methyl/N-ethyl adjacent to an activating group) is 1. The summed E-state index contributed by atoms with van der Waals surface area (Å²) in [4.78, 5) is 17.3. The highest BCUT2D eigenvalue weighted by Gasteiger charge is 2.10. The molecule has 1 aliphatic heterocycles. The second kappa shape index (κ2) is 5.17. The van der Waals surface area contributed by atoms with Gasteiger partial charge in [-0.2, -0.15) is 0 Å². The number of hydrogen-bond acceptors (Lipinski definition) is 4. The van der Waals surface area contributed by atoms with Crippen LogP contribution < -0.4 is 5.73 Å². The largest absolute Gasteiger partial charge is 0.364 e. The summed E-state index contributed by atoms with van der Waals surface area (Å²) >= 11 is 1.29.